The first-order chi connectivity index (χ1) is 11.7. The number of ether oxygens (including phenoxy) is 2. The number of nitrogens with one attached hydrogen (secondary N) is 1. The maximum Gasteiger partial charge on any atom is 0.217 e. The van der Waals surface area contributed by atoms with Crippen LogP contribution in [-0.2, 0) is 20.7 Å². The van der Waals surface area contributed by atoms with Crippen LogP contribution in [0.25, 0.3) is 0 Å². The molecule has 0 spiro atoms. The molecule has 4 rings (SSSR count). The minimum atomic E-state index is -0.0927. The van der Waals surface area contributed by atoms with Crippen LogP contribution in [0.2, 0.25) is 0 Å². The van der Waals surface area contributed by atoms with Crippen molar-refractivity contribution in [3.05, 3.63) is 11.9 Å². The van der Waals surface area contributed by atoms with Crippen LogP contribution in [0.3, 0.4) is 0 Å². The van der Waals surface area contributed by atoms with Gasteiger partial charge in [-0.2, -0.15) is 0 Å². The van der Waals surface area contributed by atoms with Crippen molar-refractivity contribution in [3.63, 3.8) is 0 Å². The quantitative estimate of drug-likeness (QED) is 0.896. The molecule has 7 heteroatoms. The number of rotatable bonds is 4. The smallest absolute Gasteiger partial charge is 0.217 e. The summed E-state index contributed by atoms with van der Waals surface area (Å²) in [7, 11) is 0. The van der Waals surface area contributed by atoms with E-state index in [1.807, 2.05) is 4.68 Å². The summed E-state index contributed by atoms with van der Waals surface area (Å²) in [5.41, 5.74) is 1.07. The van der Waals surface area contributed by atoms with Crippen LogP contribution in [0.4, 0.5) is 0 Å². The van der Waals surface area contributed by atoms with Gasteiger partial charge in [-0.25, -0.2) is 4.68 Å². The number of carbonyl (C=O) groups is 1. The molecule has 2 aliphatic heterocycles. The van der Waals surface area contributed by atoms with Crippen molar-refractivity contribution in [2.45, 2.75) is 69.7 Å². The lowest BCUT2D eigenvalue weighted by Crippen LogP contribution is -2.43. The molecule has 4 atom stereocenters. The number of carbonyl (C=O) groups excluding carboxylic acids is 1. The van der Waals surface area contributed by atoms with Crippen LogP contribution in [0.1, 0.15) is 50.8 Å². The predicted molar refractivity (Wildman–Crippen MR) is 86.4 cm³/mol. The lowest BCUT2D eigenvalue weighted by molar-refractivity contribution is -0.120. The van der Waals surface area contributed by atoms with Crippen molar-refractivity contribution >= 4 is 5.91 Å². The van der Waals surface area contributed by atoms with Gasteiger partial charge in [0.2, 0.25) is 5.91 Å². The Balaban J connectivity index is 1.39. The normalized spacial score (nSPS) is 33.5. The summed E-state index contributed by atoms with van der Waals surface area (Å²) in [6.07, 6.45) is 9.61. The fourth-order valence-corrected chi connectivity index (χ4v) is 4.35. The fraction of sp³-hybridized carbons (Fsp3) is 0.824. The average Bonchev–Trinajstić information content (AvgIpc) is 3.26. The van der Waals surface area contributed by atoms with Gasteiger partial charge in [0.1, 0.15) is 18.2 Å². The molecule has 0 aromatic carbocycles. The molecule has 0 bridgehead atoms. The van der Waals surface area contributed by atoms with Crippen LogP contribution in [0.5, 0.6) is 0 Å². The Bertz CT molecular complexity index is 584. The molecular formula is C17H26N4O3. The zero-order valence-electron chi connectivity index (χ0n) is 14.2. The van der Waals surface area contributed by atoms with Gasteiger partial charge in [-0.15, -0.1) is 5.10 Å². The van der Waals surface area contributed by atoms with Crippen LogP contribution >= 0.6 is 0 Å². The second kappa shape index (κ2) is 6.80. The van der Waals surface area contributed by atoms with Crippen molar-refractivity contribution < 1.29 is 14.3 Å². The SMILES string of the molecule is CC(=O)N[C@H]1CO[C@H]2[C@@H]1OC[C@@H]2n1cc(CC2CCCCC2)nn1. The summed E-state index contributed by atoms with van der Waals surface area (Å²) < 4.78 is 13.7. The number of nitrogens with zero attached hydrogens (tertiary/aromatic N) is 3. The highest BCUT2D eigenvalue weighted by Crippen LogP contribution is 2.34. The highest BCUT2D eigenvalue weighted by Gasteiger charge is 2.49. The largest absolute Gasteiger partial charge is 0.371 e. The first-order valence-electron chi connectivity index (χ1n) is 9.12. The van der Waals surface area contributed by atoms with Gasteiger partial charge in [0.15, 0.2) is 0 Å². The van der Waals surface area contributed by atoms with Gasteiger partial charge in [-0.1, -0.05) is 37.3 Å². The molecule has 1 aromatic rings. The Morgan fingerprint density at radius 2 is 2.04 bits per heavy atom. The van der Waals surface area contributed by atoms with Crippen molar-refractivity contribution in [1.29, 1.82) is 0 Å². The molecule has 3 heterocycles. The molecule has 7 nitrogen and oxygen atoms in total. The van der Waals surface area contributed by atoms with E-state index in [0.29, 0.717) is 13.2 Å². The second-order valence-electron chi connectivity index (χ2n) is 7.37. The Labute approximate surface area is 142 Å². The standard InChI is InChI=1S/C17H26N4O3/c1-11(22)18-14-9-23-17-15(10-24-16(14)17)21-8-13(19-20-21)7-12-5-3-2-4-6-12/h8,12,14-17H,2-7,9-10H2,1H3,(H,18,22)/t14-,15-,16+,17+/m0/s1. The molecule has 3 aliphatic rings. The van der Waals surface area contributed by atoms with E-state index in [4.69, 9.17) is 9.47 Å². The van der Waals surface area contributed by atoms with Gasteiger partial charge in [0.25, 0.3) is 0 Å². The molecule has 24 heavy (non-hydrogen) atoms. The van der Waals surface area contributed by atoms with Crippen LogP contribution in [-0.4, -0.2) is 52.4 Å². The Hall–Kier alpha value is -1.47. The second-order valence-corrected chi connectivity index (χ2v) is 7.37. The predicted octanol–water partition coefficient (Wildman–Crippen LogP) is 1.24. The fourth-order valence-electron chi connectivity index (χ4n) is 4.35. The van der Waals surface area contributed by atoms with Gasteiger partial charge in [-0.3, -0.25) is 4.79 Å². The summed E-state index contributed by atoms with van der Waals surface area (Å²) in [4.78, 5) is 11.3. The van der Waals surface area contributed by atoms with E-state index >= 15 is 0 Å². The van der Waals surface area contributed by atoms with Crippen LogP contribution < -0.4 is 5.32 Å². The van der Waals surface area contributed by atoms with Gasteiger partial charge in [-0.05, 0) is 12.3 Å². The summed E-state index contributed by atoms with van der Waals surface area (Å²) in [6, 6.07) is -0.0240. The van der Waals surface area contributed by atoms with Crippen LogP contribution in [0.15, 0.2) is 6.20 Å². The van der Waals surface area contributed by atoms with E-state index in [9.17, 15) is 4.79 Å². The molecule has 1 aliphatic carbocycles. The molecule has 1 N–H and O–H groups in total. The number of hydrogen-bond donors (Lipinski definition) is 1. The first kappa shape index (κ1) is 16.0. The van der Waals surface area contributed by atoms with Gasteiger partial charge >= 0.3 is 0 Å². The van der Waals surface area contributed by atoms with E-state index in [1.54, 1.807) is 0 Å². The molecule has 132 valence electrons. The number of fused-ring (bicyclic) bond motifs is 1. The van der Waals surface area contributed by atoms with E-state index in [1.165, 1.54) is 39.0 Å². The maximum absolute atomic E-state index is 11.3. The molecule has 0 radical (unpaired) electrons. The Morgan fingerprint density at radius 3 is 2.83 bits per heavy atom. The van der Waals surface area contributed by atoms with E-state index in [-0.39, 0.29) is 30.2 Å². The first-order valence-corrected chi connectivity index (χ1v) is 9.12. The van der Waals surface area contributed by atoms with Gasteiger partial charge in [0, 0.05) is 13.1 Å². The molecule has 3 fully saturated rings. The maximum atomic E-state index is 11.3. The summed E-state index contributed by atoms with van der Waals surface area (Å²) in [6.45, 7) is 2.57. The third-order valence-electron chi connectivity index (χ3n) is 5.54. The highest BCUT2D eigenvalue weighted by molar-refractivity contribution is 5.73. The van der Waals surface area contributed by atoms with Crippen molar-refractivity contribution in [2.75, 3.05) is 13.2 Å². The van der Waals surface area contributed by atoms with E-state index in [2.05, 4.69) is 21.8 Å². The number of hydrogen-bond acceptors (Lipinski definition) is 5. The molecule has 1 saturated carbocycles. The Morgan fingerprint density at radius 1 is 1.25 bits per heavy atom. The van der Waals surface area contributed by atoms with Crippen LogP contribution in [0, 0.1) is 5.92 Å². The van der Waals surface area contributed by atoms with Gasteiger partial charge < -0.3 is 14.8 Å². The summed E-state index contributed by atoms with van der Waals surface area (Å²) >= 11 is 0. The highest BCUT2D eigenvalue weighted by atomic mass is 16.6. The Kier molecular flexibility index (Phi) is 4.54. The molecular weight excluding hydrogens is 308 g/mol. The molecule has 0 unspecified atom stereocenters. The summed E-state index contributed by atoms with van der Waals surface area (Å²) in [5.74, 6) is 0.704. The third-order valence-corrected chi connectivity index (χ3v) is 5.54. The zero-order valence-corrected chi connectivity index (χ0v) is 14.2. The topological polar surface area (TPSA) is 78.3 Å². The van der Waals surface area contributed by atoms with E-state index < -0.39 is 0 Å². The average molecular weight is 334 g/mol. The lowest BCUT2D eigenvalue weighted by atomic mass is 9.86. The monoisotopic (exact) mass is 334 g/mol. The molecule has 2 saturated heterocycles. The third kappa shape index (κ3) is 3.19. The minimum absolute atomic E-state index is 0.0429. The minimum Gasteiger partial charge on any atom is -0.371 e. The number of aromatic nitrogens is 3. The van der Waals surface area contributed by atoms with Gasteiger partial charge in [0.05, 0.1) is 24.9 Å². The zero-order chi connectivity index (χ0) is 16.5. The van der Waals surface area contributed by atoms with Crippen molar-refractivity contribution in [3.8, 4) is 0 Å². The summed E-state index contributed by atoms with van der Waals surface area (Å²) in [5, 5.41) is 11.6. The van der Waals surface area contributed by atoms with E-state index in [0.717, 1.165) is 18.0 Å². The molecule has 1 amide bonds. The van der Waals surface area contributed by atoms with Crippen molar-refractivity contribution in [1.82, 2.24) is 20.3 Å². The van der Waals surface area contributed by atoms with Crippen molar-refractivity contribution in [2.24, 2.45) is 5.92 Å². The lowest BCUT2D eigenvalue weighted by Gasteiger charge is -2.20. The molecule has 1 aromatic heterocycles. The number of amides is 1.